The highest BCUT2D eigenvalue weighted by molar-refractivity contribution is 5.89. The van der Waals surface area contributed by atoms with Crippen LogP contribution in [-0.2, 0) is 9.47 Å². The zero-order valence-corrected chi connectivity index (χ0v) is 16.3. The molecular formula is C22H20N2O6. The molecule has 0 bridgehead atoms. The van der Waals surface area contributed by atoms with Crippen molar-refractivity contribution in [2.24, 2.45) is 0 Å². The van der Waals surface area contributed by atoms with Crippen molar-refractivity contribution in [2.75, 3.05) is 20.3 Å². The maximum absolute atomic E-state index is 12.4. The van der Waals surface area contributed by atoms with Crippen LogP contribution in [0.4, 0.5) is 0 Å². The van der Waals surface area contributed by atoms with Crippen molar-refractivity contribution in [1.29, 1.82) is 0 Å². The molecule has 8 nitrogen and oxygen atoms in total. The summed E-state index contributed by atoms with van der Waals surface area (Å²) in [6, 6.07) is 13.5. The Labute approximate surface area is 173 Å². The summed E-state index contributed by atoms with van der Waals surface area (Å²) in [5.41, 5.74) is 0.568. The van der Waals surface area contributed by atoms with Crippen LogP contribution in [0.15, 0.2) is 73.3 Å². The van der Waals surface area contributed by atoms with Gasteiger partial charge in [-0.3, -0.25) is 9.97 Å². The average Bonchev–Trinajstić information content (AvgIpc) is 2.81. The monoisotopic (exact) mass is 408 g/mol. The van der Waals surface area contributed by atoms with E-state index in [-0.39, 0.29) is 18.8 Å². The lowest BCUT2D eigenvalue weighted by atomic mass is 10.3. The fraction of sp³-hybridized carbons (Fsp3) is 0.182. The first-order chi connectivity index (χ1) is 14.7. The number of para-hydroxylation sites is 2. The molecule has 0 fully saturated rings. The number of nitrogens with zero attached hydrogens (tertiary/aromatic N) is 2. The third-order valence-corrected chi connectivity index (χ3v) is 3.96. The Morgan fingerprint density at radius 3 is 2.07 bits per heavy atom. The van der Waals surface area contributed by atoms with E-state index < -0.39 is 18.0 Å². The lowest BCUT2D eigenvalue weighted by Crippen LogP contribution is -2.31. The molecule has 2 heterocycles. The van der Waals surface area contributed by atoms with Gasteiger partial charge < -0.3 is 18.9 Å². The third kappa shape index (κ3) is 5.78. The number of ether oxygens (including phenoxy) is 4. The van der Waals surface area contributed by atoms with Crippen molar-refractivity contribution in [2.45, 2.75) is 6.10 Å². The fourth-order valence-corrected chi connectivity index (χ4v) is 2.48. The van der Waals surface area contributed by atoms with Gasteiger partial charge in [0.2, 0.25) is 0 Å². The molecular weight excluding hydrogens is 388 g/mol. The number of esters is 2. The van der Waals surface area contributed by atoms with E-state index in [1.807, 2.05) is 0 Å². The third-order valence-electron chi connectivity index (χ3n) is 3.96. The van der Waals surface area contributed by atoms with E-state index in [9.17, 15) is 9.59 Å². The van der Waals surface area contributed by atoms with Gasteiger partial charge in [0, 0.05) is 24.8 Å². The molecule has 8 heteroatoms. The molecule has 0 aliphatic heterocycles. The number of benzene rings is 1. The standard InChI is InChI=1S/C22H20N2O6/c1-27-19-8-2-3-9-20(19)28-14-18(30-22(26)17-7-5-11-24-13-17)15-29-21(25)16-6-4-10-23-12-16/h2-13,18H,14-15H2,1H3. The lowest BCUT2D eigenvalue weighted by molar-refractivity contribution is -0.0138. The Bertz CT molecular complexity index is 966. The summed E-state index contributed by atoms with van der Waals surface area (Å²) in [5.74, 6) is -0.180. The first-order valence-corrected chi connectivity index (χ1v) is 9.11. The molecule has 0 aliphatic rings. The van der Waals surface area contributed by atoms with E-state index in [0.29, 0.717) is 17.1 Å². The van der Waals surface area contributed by atoms with Crippen LogP contribution in [0, 0.1) is 0 Å². The predicted octanol–water partition coefficient (Wildman–Crippen LogP) is 2.95. The largest absolute Gasteiger partial charge is 0.493 e. The summed E-state index contributed by atoms with van der Waals surface area (Å²) >= 11 is 0. The van der Waals surface area contributed by atoms with Gasteiger partial charge in [-0.15, -0.1) is 0 Å². The first-order valence-electron chi connectivity index (χ1n) is 9.11. The molecule has 3 rings (SSSR count). The molecule has 1 aromatic carbocycles. The minimum absolute atomic E-state index is 0.0489. The number of hydrogen-bond donors (Lipinski definition) is 0. The molecule has 154 valence electrons. The molecule has 30 heavy (non-hydrogen) atoms. The Balaban J connectivity index is 1.67. The molecule has 3 aromatic rings. The van der Waals surface area contributed by atoms with Gasteiger partial charge in [0.1, 0.15) is 13.2 Å². The van der Waals surface area contributed by atoms with E-state index in [2.05, 4.69) is 9.97 Å². The van der Waals surface area contributed by atoms with Crippen molar-refractivity contribution >= 4 is 11.9 Å². The number of carbonyl (C=O) groups is 2. The van der Waals surface area contributed by atoms with E-state index in [4.69, 9.17) is 18.9 Å². The molecule has 1 unspecified atom stereocenters. The first kappa shape index (κ1) is 20.8. The molecule has 0 amide bonds. The van der Waals surface area contributed by atoms with Crippen molar-refractivity contribution in [1.82, 2.24) is 9.97 Å². The van der Waals surface area contributed by atoms with Crippen LogP contribution in [0.1, 0.15) is 20.7 Å². The molecule has 0 saturated carbocycles. The maximum atomic E-state index is 12.4. The number of pyridine rings is 2. The van der Waals surface area contributed by atoms with Crippen LogP contribution in [0.5, 0.6) is 11.5 Å². The highest BCUT2D eigenvalue weighted by Gasteiger charge is 2.21. The zero-order chi connectivity index (χ0) is 21.2. The van der Waals surface area contributed by atoms with Gasteiger partial charge >= 0.3 is 11.9 Å². The number of carbonyl (C=O) groups excluding carboxylic acids is 2. The van der Waals surface area contributed by atoms with Crippen LogP contribution in [0.3, 0.4) is 0 Å². The Kier molecular flexibility index (Phi) is 7.32. The Hall–Kier alpha value is -3.94. The van der Waals surface area contributed by atoms with Gasteiger partial charge in [0.05, 0.1) is 18.2 Å². The normalized spacial score (nSPS) is 11.2. The zero-order valence-electron chi connectivity index (χ0n) is 16.3. The van der Waals surface area contributed by atoms with E-state index in [1.54, 1.807) is 60.9 Å². The minimum Gasteiger partial charge on any atom is -0.493 e. The number of hydrogen-bond acceptors (Lipinski definition) is 8. The van der Waals surface area contributed by atoms with Crippen LogP contribution in [-0.4, -0.2) is 48.3 Å². The number of aromatic nitrogens is 2. The minimum atomic E-state index is -0.858. The predicted molar refractivity (Wildman–Crippen MR) is 106 cm³/mol. The van der Waals surface area contributed by atoms with E-state index >= 15 is 0 Å². The molecule has 0 spiro atoms. The topological polar surface area (TPSA) is 96.8 Å². The number of methoxy groups -OCH3 is 1. The maximum Gasteiger partial charge on any atom is 0.340 e. The van der Waals surface area contributed by atoms with Crippen LogP contribution in [0.25, 0.3) is 0 Å². The summed E-state index contributed by atoms with van der Waals surface area (Å²) in [7, 11) is 1.53. The van der Waals surface area contributed by atoms with E-state index in [0.717, 1.165) is 0 Å². The van der Waals surface area contributed by atoms with Gasteiger partial charge in [-0.25, -0.2) is 9.59 Å². The highest BCUT2D eigenvalue weighted by atomic mass is 16.6. The lowest BCUT2D eigenvalue weighted by Gasteiger charge is -2.19. The quantitative estimate of drug-likeness (QED) is 0.499. The number of rotatable bonds is 9. The summed E-state index contributed by atoms with van der Waals surface area (Å²) in [5, 5.41) is 0. The van der Waals surface area contributed by atoms with Crippen LogP contribution in [0.2, 0.25) is 0 Å². The molecule has 0 radical (unpaired) electrons. The van der Waals surface area contributed by atoms with Crippen molar-refractivity contribution in [3.05, 3.63) is 84.4 Å². The summed E-state index contributed by atoms with van der Waals surface area (Å²) in [4.78, 5) is 32.4. The molecule has 2 aromatic heterocycles. The van der Waals surface area contributed by atoms with Gasteiger partial charge in [-0.2, -0.15) is 0 Å². The summed E-state index contributed by atoms with van der Waals surface area (Å²) in [6.07, 6.45) is 5.03. The Morgan fingerprint density at radius 1 is 0.833 bits per heavy atom. The SMILES string of the molecule is COc1ccccc1OCC(COC(=O)c1cccnc1)OC(=O)c1cccnc1. The second kappa shape index (κ2) is 10.6. The van der Waals surface area contributed by atoms with Crippen LogP contribution < -0.4 is 9.47 Å². The van der Waals surface area contributed by atoms with E-state index in [1.165, 1.54) is 19.5 Å². The van der Waals surface area contributed by atoms with Gasteiger partial charge in [0.25, 0.3) is 0 Å². The summed E-state index contributed by atoms with van der Waals surface area (Å²) < 4.78 is 21.8. The van der Waals surface area contributed by atoms with Crippen molar-refractivity contribution < 1.29 is 28.5 Å². The molecule has 0 aliphatic carbocycles. The second-order valence-electron chi connectivity index (χ2n) is 6.07. The Morgan fingerprint density at radius 2 is 1.47 bits per heavy atom. The molecule has 1 atom stereocenters. The van der Waals surface area contributed by atoms with Gasteiger partial charge in [0.15, 0.2) is 17.6 Å². The molecule has 0 N–H and O–H groups in total. The summed E-state index contributed by atoms with van der Waals surface area (Å²) in [6.45, 7) is -0.248. The average molecular weight is 408 g/mol. The van der Waals surface area contributed by atoms with Crippen molar-refractivity contribution in [3.8, 4) is 11.5 Å². The fourth-order valence-electron chi connectivity index (χ4n) is 2.48. The van der Waals surface area contributed by atoms with Gasteiger partial charge in [-0.05, 0) is 36.4 Å². The second-order valence-corrected chi connectivity index (χ2v) is 6.07. The highest BCUT2D eigenvalue weighted by Crippen LogP contribution is 2.26. The molecule has 0 saturated heterocycles. The van der Waals surface area contributed by atoms with Crippen molar-refractivity contribution in [3.63, 3.8) is 0 Å². The van der Waals surface area contributed by atoms with Crippen LogP contribution >= 0.6 is 0 Å². The van der Waals surface area contributed by atoms with Gasteiger partial charge in [-0.1, -0.05) is 12.1 Å². The smallest absolute Gasteiger partial charge is 0.340 e.